The molecule has 0 rings (SSSR count). The maximum absolute atomic E-state index is 11.9. The van der Waals surface area contributed by atoms with Crippen LogP contribution in [0.1, 0.15) is 27.7 Å². The molecule has 0 aromatic rings. The SMILES string of the molecule is C/C(=N\SCC(C)(C)C)C(F)(F)F. The third-order valence-electron chi connectivity index (χ3n) is 1.11. The van der Waals surface area contributed by atoms with Gasteiger partial charge in [0.1, 0.15) is 5.71 Å². The minimum atomic E-state index is -4.29. The van der Waals surface area contributed by atoms with Crippen LogP contribution in [0.25, 0.3) is 0 Å². The first kappa shape index (κ1) is 12.8. The zero-order chi connectivity index (χ0) is 10.7. The van der Waals surface area contributed by atoms with Gasteiger partial charge < -0.3 is 0 Å². The summed E-state index contributed by atoms with van der Waals surface area (Å²) in [7, 11) is 0. The van der Waals surface area contributed by atoms with Crippen molar-refractivity contribution in [2.75, 3.05) is 5.75 Å². The molecule has 1 nitrogen and oxygen atoms in total. The van der Waals surface area contributed by atoms with Crippen LogP contribution in [-0.2, 0) is 0 Å². The minimum absolute atomic E-state index is 0.0000449. The van der Waals surface area contributed by atoms with Crippen LogP contribution >= 0.6 is 11.9 Å². The van der Waals surface area contributed by atoms with Gasteiger partial charge in [-0.15, -0.1) is 0 Å². The van der Waals surface area contributed by atoms with Crippen molar-refractivity contribution in [3.8, 4) is 0 Å². The van der Waals surface area contributed by atoms with Gasteiger partial charge in [0, 0.05) is 5.75 Å². The lowest BCUT2D eigenvalue weighted by Crippen LogP contribution is -2.19. The van der Waals surface area contributed by atoms with Crippen LogP contribution in [0.5, 0.6) is 0 Å². The largest absolute Gasteiger partial charge is 0.429 e. The van der Waals surface area contributed by atoms with Crippen molar-refractivity contribution in [2.45, 2.75) is 33.9 Å². The first-order chi connectivity index (χ1) is 5.63. The Morgan fingerprint density at radius 1 is 1.23 bits per heavy atom. The topological polar surface area (TPSA) is 12.4 Å². The molecule has 0 aromatic heterocycles. The first-order valence-electron chi connectivity index (χ1n) is 3.87. The summed E-state index contributed by atoms with van der Waals surface area (Å²) in [5.41, 5.74) is -0.776. The van der Waals surface area contributed by atoms with Gasteiger partial charge in [-0.05, 0) is 24.3 Å². The smallest absolute Gasteiger partial charge is 0.216 e. The first-order valence-corrected chi connectivity index (χ1v) is 4.81. The molecule has 0 aromatic carbocycles. The molecule has 0 saturated carbocycles. The monoisotopic (exact) mass is 213 g/mol. The van der Waals surface area contributed by atoms with Crippen molar-refractivity contribution in [1.29, 1.82) is 0 Å². The Balaban J connectivity index is 4.00. The highest BCUT2D eigenvalue weighted by atomic mass is 32.2. The van der Waals surface area contributed by atoms with Crippen LogP contribution < -0.4 is 0 Å². The number of alkyl halides is 3. The van der Waals surface area contributed by atoms with Crippen molar-refractivity contribution in [3.63, 3.8) is 0 Å². The summed E-state index contributed by atoms with van der Waals surface area (Å²) in [6.07, 6.45) is -4.29. The van der Waals surface area contributed by atoms with E-state index in [1.54, 1.807) is 0 Å². The Morgan fingerprint density at radius 3 is 2.00 bits per heavy atom. The number of hydrogen-bond donors (Lipinski definition) is 0. The molecule has 0 N–H and O–H groups in total. The van der Waals surface area contributed by atoms with Gasteiger partial charge in [-0.3, -0.25) is 0 Å². The summed E-state index contributed by atoms with van der Waals surface area (Å²) < 4.78 is 39.2. The van der Waals surface area contributed by atoms with Crippen molar-refractivity contribution in [3.05, 3.63) is 0 Å². The average Bonchev–Trinajstić information content (AvgIpc) is 1.82. The summed E-state index contributed by atoms with van der Waals surface area (Å²) in [6, 6.07) is 0. The molecule has 0 atom stereocenters. The van der Waals surface area contributed by atoms with Gasteiger partial charge in [-0.1, -0.05) is 20.8 Å². The zero-order valence-corrected chi connectivity index (χ0v) is 9.01. The number of halogens is 3. The van der Waals surface area contributed by atoms with E-state index in [2.05, 4.69) is 4.40 Å². The molecule has 0 heterocycles. The second kappa shape index (κ2) is 4.35. The Bertz CT molecular complexity index is 191. The highest BCUT2D eigenvalue weighted by molar-refractivity contribution is 7.98. The standard InChI is InChI=1S/C8H14F3NS/c1-6(8(9,10)11)12-13-5-7(2,3)4/h5H2,1-4H3/b12-6+. The minimum Gasteiger partial charge on any atom is -0.216 e. The molecule has 0 radical (unpaired) electrons. The van der Waals surface area contributed by atoms with E-state index >= 15 is 0 Å². The van der Waals surface area contributed by atoms with Gasteiger partial charge in [0.2, 0.25) is 0 Å². The van der Waals surface area contributed by atoms with Crippen molar-refractivity contribution in [1.82, 2.24) is 0 Å². The third kappa shape index (κ3) is 6.93. The van der Waals surface area contributed by atoms with E-state index in [1.165, 1.54) is 0 Å². The Morgan fingerprint density at radius 2 is 1.69 bits per heavy atom. The molecular formula is C8H14F3NS. The second-order valence-electron chi connectivity index (χ2n) is 4.01. The molecule has 13 heavy (non-hydrogen) atoms. The molecule has 0 saturated heterocycles. The summed E-state index contributed by atoms with van der Waals surface area (Å²) >= 11 is 0.963. The van der Waals surface area contributed by atoms with Crippen molar-refractivity contribution >= 4 is 17.7 Å². The van der Waals surface area contributed by atoms with Gasteiger partial charge in [-0.25, -0.2) is 4.40 Å². The Labute approximate surface area is 80.9 Å². The lowest BCUT2D eigenvalue weighted by molar-refractivity contribution is -0.0589. The molecule has 0 aliphatic carbocycles. The van der Waals surface area contributed by atoms with E-state index in [9.17, 15) is 13.2 Å². The quantitative estimate of drug-likeness (QED) is 0.503. The van der Waals surface area contributed by atoms with Crippen LogP contribution in [0.4, 0.5) is 13.2 Å². The highest BCUT2D eigenvalue weighted by Crippen LogP contribution is 2.24. The fraction of sp³-hybridized carbons (Fsp3) is 0.875. The van der Waals surface area contributed by atoms with Gasteiger partial charge in [0.25, 0.3) is 0 Å². The molecule has 5 heteroatoms. The normalized spacial score (nSPS) is 14.8. The molecule has 0 amide bonds. The predicted octanol–water partition coefficient (Wildman–Crippen LogP) is 3.70. The molecule has 0 fully saturated rings. The summed E-state index contributed by atoms with van der Waals surface area (Å²) in [6.45, 7) is 6.85. The fourth-order valence-corrected chi connectivity index (χ4v) is 1.12. The van der Waals surface area contributed by atoms with E-state index in [1.807, 2.05) is 20.8 Å². The summed E-state index contributed by atoms with van der Waals surface area (Å²) in [5.74, 6) is 0.584. The van der Waals surface area contributed by atoms with Gasteiger partial charge >= 0.3 is 6.18 Å². The lowest BCUT2D eigenvalue weighted by atomic mass is 10.0. The van der Waals surface area contributed by atoms with Crippen molar-refractivity contribution < 1.29 is 13.2 Å². The average molecular weight is 213 g/mol. The van der Waals surface area contributed by atoms with Crippen LogP contribution in [0.2, 0.25) is 0 Å². The van der Waals surface area contributed by atoms with Gasteiger partial charge in [0.15, 0.2) is 0 Å². The molecule has 0 aliphatic rings. The second-order valence-corrected chi connectivity index (χ2v) is 4.74. The highest BCUT2D eigenvalue weighted by Gasteiger charge is 2.32. The fourth-order valence-electron chi connectivity index (χ4n) is 0.375. The van der Waals surface area contributed by atoms with Gasteiger partial charge in [-0.2, -0.15) is 13.2 Å². The van der Waals surface area contributed by atoms with Crippen LogP contribution in [0, 0.1) is 5.41 Å². The molecule has 0 bridgehead atoms. The molecule has 0 spiro atoms. The zero-order valence-electron chi connectivity index (χ0n) is 8.20. The maximum Gasteiger partial charge on any atom is 0.429 e. The summed E-state index contributed by atoms with van der Waals surface area (Å²) in [5, 5.41) is 0. The van der Waals surface area contributed by atoms with Gasteiger partial charge in [0.05, 0.1) is 0 Å². The number of hydrogen-bond acceptors (Lipinski definition) is 2. The van der Waals surface area contributed by atoms with E-state index < -0.39 is 11.9 Å². The Kier molecular flexibility index (Phi) is 4.29. The Hall–Kier alpha value is -0.190. The molecule has 0 unspecified atom stereocenters. The van der Waals surface area contributed by atoms with Crippen LogP contribution in [0.3, 0.4) is 0 Å². The summed E-state index contributed by atoms with van der Waals surface area (Å²) in [4.78, 5) is 0. The van der Waals surface area contributed by atoms with E-state index in [0.29, 0.717) is 5.75 Å². The molecule has 0 aliphatic heterocycles. The molecule has 78 valence electrons. The van der Waals surface area contributed by atoms with Crippen LogP contribution in [-0.4, -0.2) is 17.6 Å². The molecular weight excluding hydrogens is 199 g/mol. The van der Waals surface area contributed by atoms with Crippen LogP contribution in [0.15, 0.2) is 4.40 Å². The maximum atomic E-state index is 11.9. The predicted molar refractivity (Wildman–Crippen MR) is 51.1 cm³/mol. The number of rotatable bonds is 2. The van der Waals surface area contributed by atoms with E-state index in [0.717, 1.165) is 18.9 Å². The third-order valence-corrected chi connectivity index (χ3v) is 2.51. The van der Waals surface area contributed by atoms with Crippen molar-refractivity contribution in [2.24, 2.45) is 9.81 Å². The van der Waals surface area contributed by atoms with E-state index in [-0.39, 0.29) is 5.41 Å². The number of nitrogens with zero attached hydrogens (tertiary/aromatic N) is 1. The van der Waals surface area contributed by atoms with E-state index in [4.69, 9.17) is 0 Å². The lowest BCUT2D eigenvalue weighted by Gasteiger charge is -2.15.